The topological polar surface area (TPSA) is 61.7 Å². The number of hydrogen-bond acceptors (Lipinski definition) is 4. The summed E-state index contributed by atoms with van der Waals surface area (Å²) in [7, 11) is 1.90. The summed E-state index contributed by atoms with van der Waals surface area (Å²) in [5, 5.41) is 4.39. The minimum Gasteiger partial charge on any atom is -0.444 e. The molecule has 0 unspecified atom stereocenters. The standard InChI is InChI=1S/C13H16ClN5O/c1-4-9-6-15-11(20-9)7-19-10(5-14)16-12-8(2)17-18(3)13(12)19/h6H,4-5,7H2,1-3H3. The zero-order valence-corrected chi connectivity index (χ0v) is 12.5. The maximum absolute atomic E-state index is 6.00. The van der Waals surface area contributed by atoms with Crippen LogP contribution in [0.5, 0.6) is 0 Å². The van der Waals surface area contributed by atoms with Crippen molar-refractivity contribution in [1.29, 1.82) is 0 Å². The third kappa shape index (κ3) is 2.00. The highest BCUT2D eigenvalue weighted by molar-refractivity contribution is 6.16. The normalized spacial score (nSPS) is 11.6. The Morgan fingerprint density at radius 3 is 2.85 bits per heavy atom. The van der Waals surface area contributed by atoms with Crippen LogP contribution in [0.15, 0.2) is 10.6 Å². The number of oxazole rings is 1. The molecule has 0 N–H and O–H groups in total. The van der Waals surface area contributed by atoms with Crippen LogP contribution in [0.4, 0.5) is 0 Å². The van der Waals surface area contributed by atoms with Crippen molar-refractivity contribution in [1.82, 2.24) is 24.3 Å². The number of nitrogens with zero attached hydrogens (tertiary/aromatic N) is 5. The Balaban J connectivity index is 2.09. The van der Waals surface area contributed by atoms with Crippen molar-refractivity contribution < 1.29 is 4.42 Å². The van der Waals surface area contributed by atoms with Crippen LogP contribution in [0, 0.1) is 6.92 Å². The van der Waals surface area contributed by atoms with Gasteiger partial charge in [0.25, 0.3) is 0 Å². The molecular formula is C13H16ClN5O. The van der Waals surface area contributed by atoms with E-state index in [0.717, 1.165) is 34.9 Å². The lowest BCUT2D eigenvalue weighted by molar-refractivity contribution is 0.445. The lowest BCUT2D eigenvalue weighted by atomic mass is 10.4. The van der Waals surface area contributed by atoms with E-state index in [4.69, 9.17) is 16.0 Å². The summed E-state index contributed by atoms with van der Waals surface area (Å²) in [5.74, 6) is 2.68. The number of imidazole rings is 1. The zero-order chi connectivity index (χ0) is 14.3. The molecule has 3 aromatic rings. The van der Waals surface area contributed by atoms with Crippen LogP contribution in [0.1, 0.15) is 30.1 Å². The summed E-state index contributed by atoms with van der Waals surface area (Å²) in [4.78, 5) is 8.85. The molecule has 0 radical (unpaired) electrons. The largest absolute Gasteiger partial charge is 0.444 e. The zero-order valence-electron chi connectivity index (χ0n) is 11.7. The molecular weight excluding hydrogens is 278 g/mol. The number of halogens is 1. The van der Waals surface area contributed by atoms with E-state index in [-0.39, 0.29) is 0 Å². The number of hydrogen-bond donors (Lipinski definition) is 0. The molecule has 3 heterocycles. The average molecular weight is 294 g/mol. The molecule has 0 aliphatic carbocycles. The van der Waals surface area contributed by atoms with Gasteiger partial charge >= 0.3 is 0 Å². The number of fused-ring (bicyclic) bond motifs is 1. The second-order valence-electron chi connectivity index (χ2n) is 4.70. The number of aromatic nitrogens is 5. The summed E-state index contributed by atoms with van der Waals surface area (Å²) in [6.45, 7) is 4.49. The third-order valence-corrected chi connectivity index (χ3v) is 3.57. The smallest absolute Gasteiger partial charge is 0.214 e. The fourth-order valence-corrected chi connectivity index (χ4v) is 2.57. The van der Waals surface area contributed by atoms with Crippen LogP contribution in [0.25, 0.3) is 11.2 Å². The molecule has 6 nitrogen and oxygen atoms in total. The summed E-state index contributed by atoms with van der Waals surface area (Å²) in [6, 6.07) is 0. The first kappa shape index (κ1) is 13.2. The van der Waals surface area contributed by atoms with Gasteiger partial charge in [-0.2, -0.15) is 5.10 Å². The van der Waals surface area contributed by atoms with Gasteiger partial charge in [-0.05, 0) is 6.92 Å². The number of aryl methyl sites for hydroxylation is 3. The molecule has 0 bridgehead atoms. The average Bonchev–Trinajstić information content (AvgIpc) is 3.09. The molecule has 0 aromatic carbocycles. The quantitative estimate of drug-likeness (QED) is 0.693. The van der Waals surface area contributed by atoms with Crippen molar-refractivity contribution in [2.75, 3.05) is 0 Å². The lowest BCUT2D eigenvalue weighted by Crippen LogP contribution is -2.07. The Morgan fingerprint density at radius 2 is 2.20 bits per heavy atom. The van der Waals surface area contributed by atoms with E-state index in [2.05, 4.69) is 15.1 Å². The van der Waals surface area contributed by atoms with E-state index >= 15 is 0 Å². The van der Waals surface area contributed by atoms with Crippen molar-refractivity contribution in [2.24, 2.45) is 7.05 Å². The number of rotatable bonds is 4. The monoisotopic (exact) mass is 293 g/mol. The van der Waals surface area contributed by atoms with E-state index < -0.39 is 0 Å². The third-order valence-electron chi connectivity index (χ3n) is 3.33. The van der Waals surface area contributed by atoms with E-state index in [0.29, 0.717) is 18.3 Å². The Kier molecular flexibility index (Phi) is 3.25. The Hall–Kier alpha value is -1.82. The van der Waals surface area contributed by atoms with E-state index in [1.165, 1.54) is 0 Å². The van der Waals surface area contributed by atoms with Gasteiger partial charge in [-0.15, -0.1) is 11.6 Å². The summed E-state index contributed by atoms with van der Waals surface area (Å²) in [5.41, 5.74) is 2.72. The maximum Gasteiger partial charge on any atom is 0.214 e. The van der Waals surface area contributed by atoms with Gasteiger partial charge in [0.2, 0.25) is 5.89 Å². The molecule has 106 valence electrons. The Bertz CT molecular complexity index is 754. The molecule has 0 aliphatic heterocycles. The van der Waals surface area contributed by atoms with Gasteiger partial charge in [0, 0.05) is 13.5 Å². The van der Waals surface area contributed by atoms with Crippen LogP contribution < -0.4 is 0 Å². The van der Waals surface area contributed by atoms with E-state index in [9.17, 15) is 0 Å². The molecule has 7 heteroatoms. The SMILES string of the molecule is CCc1cnc(Cn2c(CCl)nc3c(C)nn(C)c32)o1. The molecule has 0 saturated heterocycles. The molecule has 0 saturated carbocycles. The highest BCUT2D eigenvalue weighted by Gasteiger charge is 2.18. The number of alkyl halides is 1. The van der Waals surface area contributed by atoms with Crippen LogP contribution in [-0.2, 0) is 25.9 Å². The highest BCUT2D eigenvalue weighted by atomic mass is 35.5. The predicted molar refractivity (Wildman–Crippen MR) is 75.8 cm³/mol. The molecule has 0 atom stereocenters. The Morgan fingerprint density at radius 1 is 1.40 bits per heavy atom. The first-order valence-electron chi connectivity index (χ1n) is 6.52. The van der Waals surface area contributed by atoms with Gasteiger partial charge in [-0.25, -0.2) is 9.97 Å². The van der Waals surface area contributed by atoms with E-state index in [1.807, 2.05) is 30.1 Å². The van der Waals surface area contributed by atoms with Crippen molar-refractivity contribution in [3.05, 3.63) is 29.4 Å². The minimum atomic E-state index is 0.343. The second kappa shape index (κ2) is 4.94. The van der Waals surface area contributed by atoms with Gasteiger partial charge in [0.05, 0.1) is 17.8 Å². The highest BCUT2D eigenvalue weighted by Crippen LogP contribution is 2.21. The molecule has 0 fully saturated rings. The molecule has 3 rings (SSSR count). The van der Waals surface area contributed by atoms with Gasteiger partial charge in [-0.1, -0.05) is 6.92 Å². The lowest BCUT2D eigenvalue weighted by Gasteiger charge is -2.05. The molecule has 20 heavy (non-hydrogen) atoms. The van der Waals surface area contributed by atoms with Crippen LogP contribution in [0.2, 0.25) is 0 Å². The first-order valence-corrected chi connectivity index (χ1v) is 7.05. The predicted octanol–water partition coefficient (Wildman–Crippen LogP) is 2.42. The van der Waals surface area contributed by atoms with Gasteiger partial charge in [0.15, 0.2) is 5.65 Å². The van der Waals surface area contributed by atoms with Crippen molar-refractivity contribution in [3.8, 4) is 0 Å². The summed E-state index contributed by atoms with van der Waals surface area (Å²) < 4.78 is 9.49. The maximum atomic E-state index is 6.00. The van der Waals surface area contributed by atoms with Crippen LogP contribution in [-0.4, -0.2) is 24.3 Å². The fraction of sp³-hybridized carbons (Fsp3) is 0.462. The van der Waals surface area contributed by atoms with Crippen molar-refractivity contribution in [3.63, 3.8) is 0 Å². The Labute approximate surface area is 121 Å². The van der Waals surface area contributed by atoms with Crippen molar-refractivity contribution in [2.45, 2.75) is 32.7 Å². The second-order valence-corrected chi connectivity index (χ2v) is 4.97. The van der Waals surface area contributed by atoms with E-state index in [1.54, 1.807) is 6.20 Å². The van der Waals surface area contributed by atoms with Crippen LogP contribution in [0.3, 0.4) is 0 Å². The van der Waals surface area contributed by atoms with Crippen LogP contribution >= 0.6 is 11.6 Å². The molecule has 0 spiro atoms. The summed E-state index contributed by atoms with van der Waals surface area (Å²) >= 11 is 6.00. The minimum absolute atomic E-state index is 0.343. The molecule has 0 aliphatic rings. The fourth-order valence-electron chi connectivity index (χ4n) is 2.37. The summed E-state index contributed by atoms with van der Waals surface area (Å²) in [6.07, 6.45) is 2.60. The molecule has 0 amide bonds. The van der Waals surface area contributed by atoms with Gasteiger partial charge in [-0.3, -0.25) is 4.68 Å². The first-order chi connectivity index (χ1) is 9.63. The van der Waals surface area contributed by atoms with Gasteiger partial charge in [0.1, 0.15) is 23.6 Å². The molecule has 3 aromatic heterocycles. The van der Waals surface area contributed by atoms with Gasteiger partial charge < -0.3 is 8.98 Å². The van der Waals surface area contributed by atoms with Crippen molar-refractivity contribution >= 4 is 22.8 Å².